The highest BCUT2D eigenvalue weighted by Crippen LogP contribution is 2.11. The summed E-state index contributed by atoms with van der Waals surface area (Å²) in [6.07, 6.45) is 2.47. The van der Waals surface area contributed by atoms with E-state index in [1.54, 1.807) is 13.1 Å². The van der Waals surface area contributed by atoms with E-state index >= 15 is 0 Å². The Hall–Kier alpha value is -0.930. The van der Waals surface area contributed by atoms with Crippen LogP contribution in [0.3, 0.4) is 0 Å². The van der Waals surface area contributed by atoms with E-state index in [0.717, 1.165) is 31.0 Å². The van der Waals surface area contributed by atoms with Crippen molar-refractivity contribution in [2.24, 2.45) is 4.99 Å². The second-order valence-corrected chi connectivity index (χ2v) is 5.67. The van der Waals surface area contributed by atoms with Crippen molar-refractivity contribution in [3.63, 3.8) is 0 Å². The predicted molar refractivity (Wildman–Crippen MR) is 104 cm³/mol. The molecule has 1 aromatic rings. The van der Waals surface area contributed by atoms with Gasteiger partial charge in [0.1, 0.15) is 5.82 Å². The molecule has 2 rings (SSSR count). The molecule has 0 aliphatic carbocycles. The molecular formula is C17H27FIN3O2. The first-order valence-corrected chi connectivity index (χ1v) is 8.04. The Labute approximate surface area is 160 Å². The van der Waals surface area contributed by atoms with Gasteiger partial charge in [0.15, 0.2) is 5.96 Å². The largest absolute Gasteiger partial charge is 0.377 e. The SMILES string of the molecule is CN=C(NCCOCC1CCCO1)N(C)Cc1cccc(F)c1.I. The number of nitrogens with one attached hydrogen (secondary N) is 1. The molecule has 1 saturated heterocycles. The first-order chi connectivity index (χ1) is 11.2. The molecule has 1 atom stereocenters. The standard InChI is InChI=1S/C17H26FN3O2.HI/c1-19-17(20-8-10-22-13-16-7-4-9-23-16)21(2)12-14-5-3-6-15(18)11-14;/h3,5-6,11,16H,4,7-10,12-13H2,1-2H3,(H,19,20);1H. The van der Waals surface area contributed by atoms with Gasteiger partial charge in [0.2, 0.25) is 0 Å². The van der Waals surface area contributed by atoms with Crippen LogP contribution in [0.4, 0.5) is 4.39 Å². The molecule has 1 aliphatic heterocycles. The van der Waals surface area contributed by atoms with Crippen molar-refractivity contribution < 1.29 is 13.9 Å². The summed E-state index contributed by atoms with van der Waals surface area (Å²) in [5, 5.41) is 3.25. The number of guanidine groups is 1. The van der Waals surface area contributed by atoms with E-state index in [1.807, 2.05) is 18.0 Å². The third-order valence-electron chi connectivity index (χ3n) is 3.74. The molecule has 1 fully saturated rings. The highest BCUT2D eigenvalue weighted by Gasteiger charge is 2.15. The predicted octanol–water partition coefficient (Wildman–Crippen LogP) is 2.65. The molecule has 0 amide bonds. The van der Waals surface area contributed by atoms with Gasteiger partial charge in [0.25, 0.3) is 0 Å². The molecule has 0 aromatic heterocycles. The van der Waals surface area contributed by atoms with Crippen LogP contribution in [0, 0.1) is 5.82 Å². The van der Waals surface area contributed by atoms with E-state index < -0.39 is 0 Å². The summed E-state index contributed by atoms with van der Waals surface area (Å²) in [4.78, 5) is 6.19. The van der Waals surface area contributed by atoms with Crippen molar-refractivity contribution in [2.45, 2.75) is 25.5 Å². The second kappa shape index (κ2) is 11.6. The Morgan fingerprint density at radius 2 is 2.33 bits per heavy atom. The Kier molecular flexibility index (Phi) is 10.2. The van der Waals surface area contributed by atoms with Crippen molar-refractivity contribution >= 4 is 29.9 Å². The van der Waals surface area contributed by atoms with Gasteiger partial charge in [-0.25, -0.2) is 4.39 Å². The number of aliphatic imine (C=N–C) groups is 1. The fraction of sp³-hybridized carbons (Fsp3) is 0.588. The summed E-state index contributed by atoms with van der Waals surface area (Å²) in [5.74, 6) is 0.538. The summed E-state index contributed by atoms with van der Waals surface area (Å²) in [6.45, 7) is 3.37. The molecule has 1 N–H and O–H groups in total. The third-order valence-corrected chi connectivity index (χ3v) is 3.74. The van der Waals surface area contributed by atoms with Crippen LogP contribution in [0.15, 0.2) is 29.3 Å². The lowest BCUT2D eigenvalue weighted by Gasteiger charge is -2.22. The van der Waals surface area contributed by atoms with Crippen LogP contribution in [-0.4, -0.2) is 57.4 Å². The zero-order valence-electron chi connectivity index (χ0n) is 14.3. The number of benzene rings is 1. The Morgan fingerprint density at radius 3 is 3.00 bits per heavy atom. The summed E-state index contributed by atoms with van der Waals surface area (Å²) < 4.78 is 24.3. The molecule has 0 radical (unpaired) electrons. The Balaban J connectivity index is 0.00000288. The molecule has 24 heavy (non-hydrogen) atoms. The highest BCUT2D eigenvalue weighted by molar-refractivity contribution is 14.0. The van der Waals surface area contributed by atoms with Crippen LogP contribution >= 0.6 is 24.0 Å². The fourth-order valence-electron chi connectivity index (χ4n) is 2.59. The van der Waals surface area contributed by atoms with Crippen LogP contribution in [0.2, 0.25) is 0 Å². The summed E-state index contributed by atoms with van der Waals surface area (Å²) in [5.41, 5.74) is 0.907. The van der Waals surface area contributed by atoms with Crippen molar-refractivity contribution in [1.82, 2.24) is 10.2 Å². The lowest BCUT2D eigenvalue weighted by atomic mass is 10.2. The fourth-order valence-corrected chi connectivity index (χ4v) is 2.59. The van der Waals surface area contributed by atoms with E-state index in [-0.39, 0.29) is 35.9 Å². The van der Waals surface area contributed by atoms with Crippen molar-refractivity contribution in [2.75, 3.05) is 40.5 Å². The van der Waals surface area contributed by atoms with Crippen LogP contribution in [0.25, 0.3) is 0 Å². The number of hydrogen-bond acceptors (Lipinski definition) is 3. The van der Waals surface area contributed by atoms with Gasteiger partial charge in [-0.2, -0.15) is 0 Å². The molecular weight excluding hydrogens is 424 g/mol. The van der Waals surface area contributed by atoms with Crippen molar-refractivity contribution in [3.8, 4) is 0 Å². The van der Waals surface area contributed by atoms with Gasteiger partial charge in [-0.1, -0.05) is 12.1 Å². The lowest BCUT2D eigenvalue weighted by Crippen LogP contribution is -2.40. The van der Waals surface area contributed by atoms with Gasteiger partial charge in [0, 0.05) is 33.8 Å². The van der Waals surface area contributed by atoms with E-state index in [9.17, 15) is 4.39 Å². The molecule has 0 spiro atoms. The average molecular weight is 451 g/mol. The molecule has 1 heterocycles. The topological polar surface area (TPSA) is 46.1 Å². The van der Waals surface area contributed by atoms with Gasteiger partial charge in [0.05, 0.1) is 19.3 Å². The lowest BCUT2D eigenvalue weighted by molar-refractivity contribution is 0.0190. The van der Waals surface area contributed by atoms with Gasteiger partial charge in [-0.3, -0.25) is 4.99 Å². The van der Waals surface area contributed by atoms with Crippen LogP contribution in [0.5, 0.6) is 0 Å². The maximum Gasteiger partial charge on any atom is 0.193 e. The molecule has 5 nitrogen and oxygen atoms in total. The minimum absolute atomic E-state index is 0. The first kappa shape index (κ1) is 21.1. The molecule has 0 saturated carbocycles. The molecule has 0 bridgehead atoms. The van der Waals surface area contributed by atoms with Gasteiger partial charge >= 0.3 is 0 Å². The minimum atomic E-state index is -0.221. The Morgan fingerprint density at radius 1 is 1.50 bits per heavy atom. The maximum absolute atomic E-state index is 13.2. The number of nitrogens with zero attached hydrogens (tertiary/aromatic N) is 2. The highest BCUT2D eigenvalue weighted by atomic mass is 127. The van der Waals surface area contributed by atoms with Crippen molar-refractivity contribution in [1.29, 1.82) is 0 Å². The summed E-state index contributed by atoms with van der Waals surface area (Å²) in [7, 11) is 3.66. The molecule has 136 valence electrons. The monoisotopic (exact) mass is 451 g/mol. The zero-order chi connectivity index (χ0) is 16.5. The number of ether oxygens (including phenoxy) is 2. The van der Waals surface area contributed by atoms with Gasteiger partial charge in [-0.15, -0.1) is 24.0 Å². The number of rotatable bonds is 7. The molecule has 1 unspecified atom stereocenters. The van der Waals surface area contributed by atoms with Crippen LogP contribution in [-0.2, 0) is 16.0 Å². The Bertz CT molecular complexity index is 510. The maximum atomic E-state index is 13.2. The summed E-state index contributed by atoms with van der Waals surface area (Å²) >= 11 is 0. The van der Waals surface area contributed by atoms with E-state index in [0.29, 0.717) is 26.3 Å². The van der Waals surface area contributed by atoms with E-state index in [4.69, 9.17) is 9.47 Å². The van der Waals surface area contributed by atoms with Crippen LogP contribution in [0.1, 0.15) is 18.4 Å². The summed E-state index contributed by atoms with van der Waals surface area (Å²) in [6, 6.07) is 6.60. The normalized spacial score (nSPS) is 17.5. The van der Waals surface area contributed by atoms with Gasteiger partial charge in [-0.05, 0) is 30.5 Å². The van der Waals surface area contributed by atoms with E-state index in [1.165, 1.54) is 12.1 Å². The number of hydrogen-bond donors (Lipinski definition) is 1. The molecule has 7 heteroatoms. The smallest absolute Gasteiger partial charge is 0.193 e. The van der Waals surface area contributed by atoms with Crippen LogP contribution < -0.4 is 5.32 Å². The zero-order valence-corrected chi connectivity index (χ0v) is 16.7. The average Bonchev–Trinajstić information content (AvgIpc) is 3.04. The third kappa shape index (κ3) is 7.31. The van der Waals surface area contributed by atoms with Crippen molar-refractivity contribution in [3.05, 3.63) is 35.6 Å². The first-order valence-electron chi connectivity index (χ1n) is 8.04. The molecule has 1 aliphatic rings. The minimum Gasteiger partial charge on any atom is -0.377 e. The molecule has 1 aromatic carbocycles. The van der Waals surface area contributed by atoms with E-state index in [2.05, 4.69) is 10.3 Å². The number of halogens is 2. The quantitative estimate of drug-likeness (QED) is 0.300. The van der Waals surface area contributed by atoms with Gasteiger partial charge < -0.3 is 19.7 Å². The second-order valence-electron chi connectivity index (χ2n) is 5.67.